The van der Waals surface area contributed by atoms with Gasteiger partial charge in [0.25, 0.3) is 0 Å². The molecule has 0 aliphatic heterocycles. The van der Waals surface area contributed by atoms with Crippen molar-refractivity contribution in [3.05, 3.63) is 17.7 Å². The van der Waals surface area contributed by atoms with Crippen molar-refractivity contribution in [1.82, 2.24) is 14.9 Å². The SMILES string of the molecule is COCCOCC(=O)NCCn1c(C)cnc1C1CC1. The van der Waals surface area contributed by atoms with Gasteiger partial charge in [-0.15, -0.1) is 0 Å². The maximum Gasteiger partial charge on any atom is 0.246 e. The van der Waals surface area contributed by atoms with Crippen LogP contribution in [-0.2, 0) is 20.8 Å². The lowest BCUT2D eigenvalue weighted by Crippen LogP contribution is -2.31. The highest BCUT2D eigenvalue weighted by molar-refractivity contribution is 5.77. The zero-order chi connectivity index (χ0) is 14.4. The molecule has 1 fully saturated rings. The van der Waals surface area contributed by atoms with E-state index in [4.69, 9.17) is 9.47 Å². The maximum atomic E-state index is 11.5. The zero-order valence-corrected chi connectivity index (χ0v) is 12.2. The highest BCUT2D eigenvalue weighted by Crippen LogP contribution is 2.39. The molecule has 1 aliphatic carbocycles. The summed E-state index contributed by atoms with van der Waals surface area (Å²) in [6.07, 6.45) is 4.37. The van der Waals surface area contributed by atoms with Gasteiger partial charge in [-0.1, -0.05) is 0 Å². The monoisotopic (exact) mass is 281 g/mol. The Balaban J connectivity index is 1.67. The molecule has 1 N–H and O–H groups in total. The van der Waals surface area contributed by atoms with Gasteiger partial charge in [0.2, 0.25) is 5.91 Å². The summed E-state index contributed by atoms with van der Waals surface area (Å²) in [6, 6.07) is 0. The number of nitrogens with zero attached hydrogens (tertiary/aromatic N) is 2. The molecule has 0 spiro atoms. The Hall–Kier alpha value is -1.40. The van der Waals surface area contributed by atoms with E-state index in [1.54, 1.807) is 7.11 Å². The van der Waals surface area contributed by atoms with Gasteiger partial charge in [0.1, 0.15) is 12.4 Å². The zero-order valence-electron chi connectivity index (χ0n) is 12.2. The fourth-order valence-corrected chi connectivity index (χ4v) is 2.10. The average Bonchev–Trinajstić information content (AvgIpc) is 3.21. The molecule has 2 rings (SSSR count). The largest absolute Gasteiger partial charge is 0.382 e. The molecule has 0 aromatic carbocycles. The van der Waals surface area contributed by atoms with E-state index in [0.717, 1.165) is 18.1 Å². The topological polar surface area (TPSA) is 65.4 Å². The summed E-state index contributed by atoms with van der Waals surface area (Å²) in [7, 11) is 1.61. The van der Waals surface area contributed by atoms with Crippen molar-refractivity contribution in [1.29, 1.82) is 0 Å². The molecule has 6 heteroatoms. The van der Waals surface area contributed by atoms with Crippen molar-refractivity contribution < 1.29 is 14.3 Å². The highest BCUT2D eigenvalue weighted by Gasteiger charge is 2.28. The van der Waals surface area contributed by atoms with Crippen LogP contribution in [0.15, 0.2) is 6.20 Å². The van der Waals surface area contributed by atoms with E-state index in [9.17, 15) is 4.79 Å². The molecule has 1 amide bonds. The number of amides is 1. The smallest absolute Gasteiger partial charge is 0.246 e. The van der Waals surface area contributed by atoms with Gasteiger partial charge in [0.15, 0.2) is 0 Å². The summed E-state index contributed by atoms with van der Waals surface area (Å²) in [6.45, 7) is 4.45. The first-order valence-corrected chi connectivity index (χ1v) is 7.07. The van der Waals surface area contributed by atoms with Crippen molar-refractivity contribution in [2.24, 2.45) is 0 Å². The number of imidazole rings is 1. The van der Waals surface area contributed by atoms with E-state index >= 15 is 0 Å². The van der Waals surface area contributed by atoms with Crippen molar-refractivity contribution in [2.45, 2.75) is 32.2 Å². The number of aryl methyl sites for hydroxylation is 1. The molecule has 6 nitrogen and oxygen atoms in total. The number of rotatable bonds is 9. The molecule has 1 saturated carbocycles. The van der Waals surface area contributed by atoms with E-state index in [1.807, 2.05) is 6.20 Å². The normalized spacial score (nSPS) is 14.5. The van der Waals surface area contributed by atoms with Crippen LogP contribution in [0.1, 0.15) is 30.3 Å². The van der Waals surface area contributed by atoms with Gasteiger partial charge in [-0.05, 0) is 19.8 Å². The summed E-state index contributed by atoms with van der Waals surface area (Å²) in [5.41, 5.74) is 1.15. The number of hydrogen-bond acceptors (Lipinski definition) is 4. The van der Waals surface area contributed by atoms with Crippen LogP contribution >= 0.6 is 0 Å². The Morgan fingerprint density at radius 3 is 3.00 bits per heavy atom. The minimum absolute atomic E-state index is 0.0851. The summed E-state index contributed by atoms with van der Waals surface area (Å²) >= 11 is 0. The second-order valence-electron chi connectivity index (χ2n) is 5.08. The molecule has 0 unspecified atom stereocenters. The van der Waals surface area contributed by atoms with Crippen LogP contribution in [0.25, 0.3) is 0 Å². The van der Waals surface area contributed by atoms with Gasteiger partial charge in [-0.2, -0.15) is 0 Å². The van der Waals surface area contributed by atoms with Crippen LogP contribution in [0.3, 0.4) is 0 Å². The first-order valence-electron chi connectivity index (χ1n) is 7.07. The number of aromatic nitrogens is 2. The number of methoxy groups -OCH3 is 1. The molecule has 0 saturated heterocycles. The average molecular weight is 281 g/mol. The standard InChI is InChI=1S/C14H23N3O3/c1-11-9-16-14(12-3-4-12)17(11)6-5-15-13(18)10-20-8-7-19-2/h9,12H,3-8,10H2,1-2H3,(H,15,18). The van der Waals surface area contributed by atoms with Crippen molar-refractivity contribution >= 4 is 5.91 Å². The molecule has 1 aromatic heterocycles. The summed E-state index contributed by atoms with van der Waals surface area (Å²) < 4.78 is 12.2. The van der Waals surface area contributed by atoms with E-state index in [2.05, 4.69) is 21.8 Å². The molecular weight excluding hydrogens is 258 g/mol. The second-order valence-corrected chi connectivity index (χ2v) is 5.08. The Morgan fingerprint density at radius 1 is 1.50 bits per heavy atom. The van der Waals surface area contributed by atoms with Crippen molar-refractivity contribution in [2.75, 3.05) is 33.5 Å². The fourth-order valence-electron chi connectivity index (χ4n) is 2.10. The van der Waals surface area contributed by atoms with E-state index in [1.165, 1.54) is 12.8 Å². The molecule has 112 valence electrons. The van der Waals surface area contributed by atoms with E-state index in [0.29, 0.717) is 25.7 Å². The summed E-state index contributed by atoms with van der Waals surface area (Å²) in [4.78, 5) is 16.0. The second kappa shape index (κ2) is 7.40. The highest BCUT2D eigenvalue weighted by atomic mass is 16.5. The van der Waals surface area contributed by atoms with Crippen LogP contribution in [0.2, 0.25) is 0 Å². The Morgan fingerprint density at radius 2 is 2.30 bits per heavy atom. The quantitative estimate of drug-likeness (QED) is 0.681. The van der Waals surface area contributed by atoms with Crippen molar-refractivity contribution in [3.63, 3.8) is 0 Å². The lowest BCUT2D eigenvalue weighted by molar-refractivity contribution is -0.126. The van der Waals surface area contributed by atoms with Gasteiger partial charge in [0.05, 0.1) is 13.2 Å². The minimum Gasteiger partial charge on any atom is -0.382 e. The lowest BCUT2D eigenvalue weighted by Gasteiger charge is -2.11. The predicted molar refractivity (Wildman–Crippen MR) is 74.6 cm³/mol. The molecule has 20 heavy (non-hydrogen) atoms. The van der Waals surface area contributed by atoms with E-state index in [-0.39, 0.29) is 12.5 Å². The Bertz CT molecular complexity index is 441. The van der Waals surface area contributed by atoms with Crippen LogP contribution < -0.4 is 5.32 Å². The van der Waals surface area contributed by atoms with E-state index < -0.39 is 0 Å². The third kappa shape index (κ3) is 4.31. The molecular formula is C14H23N3O3. The first kappa shape index (κ1) is 15.0. The Kier molecular flexibility index (Phi) is 5.55. The van der Waals surface area contributed by atoms with Crippen molar-refractivity contribution in [3.8, 4) is 0 Å². The maximum absolute atomic E-state index is 11.5. The number of hydrogen-bond donors (Lipinski definition) is 1. The van der Waals surface area contributed by atoms with Gasteiger partial charge < -0.3 is 19.4 Å². The third-order valence-corrected chi connectivity index (χ3v) is 3.35. The minimum atomic E-state index is -0.0909. The predicted octanol–water partition coefficient (Wildman–Crippen LogP) is 0.848. The van der Waals surface area contributed by atoms with Crippen LogP contribution in [0, 0.1) is 6.92 Å². The van der Waals surface area contributed by atoms with Crippen LogP contribution in [0.5, 0.6) is 0 Å². The lowest BCUT2D eigenvalue weighted by atomic mass is 10.4. The van der Waals surface area contributed by atoms with Crippen LogP contribution in [-0.4, -0.2) is 48.9 Å². The first-order chi connectivity index (χ1) is 9.72. The number of carbonyl (C=O) groups excluding carboxylic acids is 1. The molecule has 0 radical (unpaired) electrons. The van der Waals surface area contributed by atoms with Gasteiger partial charge in [-0.25, -0.2) is 4.98 Å². The van der Waals surface area contributed by atoms with Gasteiger partial charge >= 0.3 is 0 Å². The van der Waals surface area contributed by atoms with Gasteiger partial charge in [-0.3, -0.25) is 4.79 Å². The molecule has 0 bridgehead atoms. The molecule has 0 atom stereocenters. The number of nitrogens with one attached hydrogen (secondary N) is 1. The summed E-state index contributed by atoms with van der Waals surface area (Å²) in [5.74, 6) is 1.69. The molecule has 1 aromatic rings. The number of carbonyl (C=O) groups is 1. The molecule has 1 heterocycles. The summed E-state index contributed by atoms with van der Waals surface area (Å²) in [5, 5.41) is 2.86. The van der Waals surface area contributed by atoms with Gasteiger partial charge in [0, 0.05) is 38.0 Å². The Labute approximate surface area is 119 Å². The number of ether oxygens (including phenoxy) is 2. The van der Waals surface area contributed by atoms with Crippen LogP contribution in [0.4, 0.5) is 0 Å². The fraction of sp³-hybridized carbons (Fsp3) is 0.714. The molecule has 1 aliphatic rings. The third-order valence-electron chi connectivity index (χ3n) is 3.35.